The van der Waals surface area contributed by atoms with Gasteiger partial charge in [0.15, 0.2) is 5.57 Å². The number of hydrogen-bond acceptors (Lipinski definition) is 2. The van der Waals surface area contributed by atoms with E-state index in [1.807, 2.05) is 30.3 Å². The normalized spacial score (nSPS) is 13.8. The topological polar surface area (TPSA) is 18.5 Å². The van der Waals surface area contributed by atoms with Crippen molar-refractivity contribution in [3.8, 4) is 0 Å². The zero-order valence-corrected chi connectivity index (χ0v) is 9.00. The van der Waals surface area contributed by atoms with Crippen LogP contribution >= 0.6 is 8.15 Å². The summed E-state index contributed by atoms with van der Waals surface area (Å²) in [7, 11) is 1.55. The van der Waals surface area contributed by atoms with Crippen LogP contribution in [0.3, 0.4) is 0 Å². The third kappa shape index (κ3) is 2.79. The highest BCUT2D eigenvalue weighted by Crippen LogP contribution is 2.44. The molecule has 0 aliphatic heterocycles. The molecular formula is C10H12FO2P. The Morgan fingerprint density at radius 3 is 2.43 bits per heavy atom. The van der Waals surface area contributed by atoms with Gasteiger partial charge in [-0.25, -0.2) is 4.39 Å². The Bertz CT molecular complexity index is 300. The average Bonchev–Trinajstić information content (AvgIpc) is 2.21. The molecule has 1 unspecified atom stereocenters. The molecule has 0 heterocycles. The van der Waals surface area contributed by atoms with Crippen molar-refractivity contribution in [3.05, 3.63) is 42.2 Å². The number of benzene rings is 1. The minimum atomic E-state index is -1.35. The van der Waals surface area contributed by atoms with Crippen molar-refractivity contribution in [1.82, 2.24) is 0 Å². The monoisotopic (exact) mass is 214 g/mol. The molecule has 0 aliphatic rings. The molecule has 0 bridgehead atoms. The van der Waals surface area contributed by atoms with Crippen LogP contribution in [-0.2, 0) is 9.26 Å². The molecule has 0 radical (unpaired) electrons. The summed E-state index contributed by atoms with van der Waals surface area (Å²) in [6.45, 7) is 0. The first-order valence-electron chi connectivity index (χ1n) is 4.07. The van der Waals surface area contributed by atoms with Gasteiger partial charge in [-0.2, -0.15) is 0 Å². The van der Waals surface area contributed by atoms with Gasteiger partial charge in [-0.3, -0.25) is 0 Å². The highest BCUT2D eigenvalue weighted by Gasteiger charge is 2.16. The van der Waals surface area contributed by atoms with Crippen LogP contribution < -0.4 is 5.30 Å². The number of rotatable bonds is 4. The fraction of sp³-hybridized carbons (Fsp3) is 0.200. The van der Waals surface area contributed by atoms with E-state index >= 15 is 0 Å². The molecule has 0 saturated carbocycles. The van der Waals surface area contributed by atoms with Crippen molar-refractivity contribution in [2.75, 3.05) is 14.2 Å². The van der Waals surface area contributed by atoms with E-state index < -0.39 is 8.15 Å². The number of ether oxygens (including phenoxy) is 1. The minimum Gasteiger partial charge on any atom is -0.501 e. The van der Waals surface area contributed by atoms with Crippen molar-refractivity contribution in [2.45, 2.75) is 0 Å². The van der Waals surface area contributed by atoms with Crippen LogP contribution in [0, 0.1) is 0 Å². The summed E-state index contributed by atoms with van der Waals surface area (Å²) in [6, 6.07) is 9.24. The molecule has 0 aliphatic carbocycles. The van der Waals surface area contributed by atoms with Crippen LogP contribution in [0.1, 0.15) is 0 Å². The summed E-state index contributed by atoms with van der Waals surface area (Å²) in [6.07, 6.45) is 1.07. The van der Waals surface area contributed by atoms with E-state index in [1.54, 1.807) is 0 Å². The number of hydrogen-bond donors (Lipinski definition) is 0. The van der Waals surface area contributed by atoms with E-state index in [-0.39, 0.29) is 5.57 Å². The predicted molar refractivity (Wildman–Crippen MR) is 56.2 cm³/mol. The van der Waals surface area contributed by atoms with Gasteiger partial charge in [-0.1, -0.05) is 30.3 Å². The highest BCUT2D eigenvalue weighted by molar-refractivity contribution is 7.64. The average molecular weight is 214 g/mol. The molecule has 76 valence electrons. The van der Waals surface area contributed by atoms with Gasteiger partial charge >= 0.3 is 0 Å². The van der Waals surface area contributed by atoms with E-state index in [9.17, 15) is 4.39 Å². The van der Waals surface area contributed by atoms with Gasteiger partial charge in [0.1, 0.15) is 14.4 Å². The van der Waals surface area contributed by atoms with Crippen molar-refractivity contribution < 1.29 is 13.7 Å². The zero-order chi connectivity index (χ0) is 10.4. The summed E-state index contributed by atoms with van der Waals surface area (Å²) >= 11 is 0. The molecule has 1 atom stereocenters. The van der Waals surface area contributed by atoms with Crippen molar-refractivity contribution in [1.29, 1.82) is 0 Å². The fourth-order valence-electron chi connectivity index (χ4n) is 1.02. The van der Waals surface area contributed by atoms with Gasteiger partial charge in [0.05, 0.1) is 7.11 Å². The molecule has 1 rings (SSSR count). The largest absolute Gasteiger partial charge is 0.501 e. The Labute approximate surface area is 84.2 Å². The lowest BCUT2D eigenvalue weighted by atomic mass is 10.4. The summed E-state index contributed by atoms with van der Waals surface area (Å²) in [5, 5.41) is 0.829. The molecule has 4 heteroatoms. The summed E-state index contributed by atoms with van der Waals surface area (Å²) in [5.41, 5.74) is -0.379. The molecule has 0 fully saturated rings. The van der Waals surface area contributed by atoms with E-state index in [1.165, 1.54) is 14.2 Å². The van der Waals surface area contributed by atoms with Crippen molar-refractivity contribution in [2.24, 2.45) is 0 Å². The lowest BCUT2D eigenvalue weighted by Crippen LogP contribution is -2.01. The first-order valence-corrected chi connectivity index (χ1v) is 5.33. The van der Waals surface area contributed by atoms with Crippen LogP contribution in [0.4, 0.5) is 4.39 Å². The number of halogens is 1. The van der Waals surface area contributed by atoms with Crippen molar-refractivity contribution >= 4 is 13.5 Å². The Kier molecular flexibility index (Phi) is 4.57. The summed E-state index contributed by atoms with van der Waals surface area (Å²) in [5.74, 6) is 0. The molecule has 1 aromatic carbocycles. The van der Waals surface area contributed by atoms with Gasteiger partial charge in [0.25, 0.3) is 0 Å². The molecule has 0 amide bonds. The molecule has 1 aromatic rings. The molecule has 0 spiro atoms. The van der Waals surface area contributed by atoms with Crippen LogP contribution in [0.5, 0.6) is 0 Å². The fourth-order valence-corrected chi connectivity index (χ4v) is 2.30. The maximum Gasteiger partial charge on any atom is 0.188 e. The third-order valence-corrected chi connectivity index (χ3v) is 3.21. The van der Waals surface area contributed by atoms with E-state index in [0.29, 0.717) is 0 Å². The second-order valence-corrected chi connectivity index (χ2v) is 4.39. The minimum absolute atomic E-state index is 0.379. The smallest absolute Gasteiger partial charge is 0.188 e. The Balaban J connectivity index is 2.88. The molecule has 14 heavy (non-hydrogen) atoms. The van der Waals surface area contributed by atoms with Crippen LogP contribution in [0.15, 0.2) is 42.2 Å². The van der Waals surface area contributed by atoms with Crippen molar-refractivity contribution in [3.63, 3.8) is 0 Å². The molecule has 0 saturated heterocycles. The Morgan fingerprint density at radius 1 is 1.29 bits per heavy atom. The lowest BCUT2D eigenvalue weighted by Gasteiger charge is -2.12. The van der Waals surface area contributed by atoms with Gasteiger partial charge < -0.3 is 9.26 Å². The second-order valence-electron chi connectivity index (χ2n) is 2.49. The highest BCUT2D eigenvalue weighted by atomic mass is 31.1. The number of methoxy groups -OCH3 is 1. The van der Waals surface area contributed by atoms with E-state index in [2.05, 4.69) is 4.74 Å². The molecular weight excluding hydrogens is 202 g/mol. The van der Waals surface area contributed by atoms with Gasteiger partial charge in [-0.15, -0.1) is 0 Å². The zero-order valence-electron chi connectivity index (χ0n) is 8.11. The Hall–Kier alpha value is -0.920. The maximum atomic E-state index is 13.4. The van der Waals surface area contributed by atoms with E-state index in [0.717, 1.165) is 11.6 Å². The second kappa shape index (κ2) is 5.74. The van der Waals surface area contributed by atoms with Gasteiger partial charge in [-0.05, 0) is 0 Å². The SMILES string of the molecule is CO/C=C(/F)P(OC)c1ccccc1. The van der Waals surface area contributed by atoms with Crippen LogP contribution in [0.25, 0.3) is 0 Å². The van der Waals surface area contributed by atoms with Gasteiger partial charge in [0, 0.05) is 12.4 Å². The van der Waals surface area contributed by atoms with Crippen LogP contribution in [-0.4, -0.2) is 14.2 Å². The van der Waals surface area contributed by atoms with E-state index in [4.69, 9.17) is 4.52 Å². The lowest BCUT2D eigenvalue weighted by molar-refractivity contribution is 0.326. The summed E-state index contributed by atoms with van der Waals surface area (Å²) < 4.78 is 23.1. The van der Waals surface area contributed by atoms with Gasteiger partial charge in [0.2, 0.25) is 0 Å². The third-order valence-electron chi connectivity index (χ3n) is 1.58. The quantitative estimate of drug-likeness (QED) is 0.566. The molecule has 0 aromatic heterocycles. The predicted octanol–water partition coefficient (Wildman–Crippen LogP) is 2.77. The maximum absolute atomic E-state index is 13.4. The molecule has 2 nitrogen and oxygen atoms in total. The molecule has 0 N–H and O–H groups in total. The van der Waals surface area contributed by atoms with Crippen LogP contribution in [0.2, 0.25) is 0 Å². The Morgan fingerprint density at radius 2 is 1.93 bits per heavy atom. The first-order chi connectivity index (χ1) is 6.79. The standard InChI is InChI=1S/C10H12FO2P/c1-12-8-10(11)14(13-2)9-6-4-3-5-7-9/h3-8H,1-2H3/b10-8-. The summed E-state index contributed by atoms with van der Waals surface area (Å²) in [4.78, 5) is 0. The first kappa shape index (κ1) is 11.2.